The Hall–Kier alpha value is -1.32. The molecule has 0 saturated heterocycles. The van der Waals surface area contributed by atoms with Gasteiger partial charge in [-0.25, -0.2) is 4.79 Å². The van der Waals surface area contributed by atoms with Gasteiger partial charge in [0.05, 0.1) is 0 Å². The van der Waals surface area contributed by atoms with Crippen molar-refractivity contribution in [3.63, 3.8) is 0 Å². The lowest BCUT2D eigenvalue weighted by atomic mass is 10.1. The van der Waals surface area contributed by atoms with Crippen LogP contribution in [-0.2, 0) is 0 Å². The highest BCUT2D eigenvalue weighted by Crippen LogP contribution is 2.32. The summed E-state index contributed by atoms with van der Waals surface area (Å²) in [6.45, 7) is 4.04. The van der Waals surface area contributed by atoms with E-state index in [1.807, 2.05) is 13.8 Å². The van der Waals surface area contributed by atoms with E-state index in [2.05, 4.69) is 4.98 Å². The third-order valence-corrected chi connectivity index (χ3v) is 3.04. The van der Waals surface area contributed by atoms with Crippen LogP contribution in [0.5, 0.6) is 0 Å². The molecule has 0 aromatic carbocycles. The number of nitrogens with one attached hydrogen (secondary N) is 1. The maximum absolute atomic E-state index is 11.7. The summed E-state index contributed by atoms with van der Waals surface area (Å²) < 4.78 is 1.34. The molecule has 1 aliphatic rings. The van der Waals surface area contributed by atoms with Crippen LogP contribution in [0, 0.1) is 0 Å². The molecule has 1 aromatic rings. The van der Waals surface area contributed by atoms with Gasteiger partial charge in [-0.15, -0.1) is 0 Å². The molecule has 1 saturated carbocycles. The van der Waals surface area contributed by atoms with Crippen molar-refractivity contribution in [3.05, 3.63) is 32.6 Å². The minimum atomic E-state index is -0.250. The van der Waals surface area contributed by atoms with Gasteiger partial charge in [0, 0.05) is 17.8 Å². The molecular formula is C11H16N2O2. The van der Waals surface area contributed by atoms with Crippen LogP contribution in [-0.4, -0.2) is 9.55 Å². The minimum absolute atomic E-state index is 0.146. The summed E-state index contributed by atoms with van der Waals surface area (Å²) in [6, 6.07) is 1.71. The average molecular weight is 208 g/mol. The van der Waals surface area contributed by atoms with Crippen molar-refractivity contribution in [1.29, 1.82) is 0 Å². The molecule has 0 amide bonds. The van der Waals surface area contributed by atoms with Gasteiger partial charge in [0.15, 0.2) is 0 Å². The highest BCUT2D eigenvalue weighted by Gasteiger charge is 2.26. The van der Waals surface area contributed by atoms with Crippen LogP contribution < -0.4 is 11.2 Å². The predicted octanol–water partition coefficient (Wildman–Crippen LogP) is 1.39. The van der Waals surface area contributed by atoms with Gasteiger partial charge in [0.25, 0.3) is 5.56 Å². The van der Waals surface area contributed by atoms with Crippen molar-refractivity contribution in [2.75, 3.05) is 0 Å². The fraction of sp³-hybridized carbons (Fsp3) is 0.636. The summed E-state index contributed by atoms with van der Waals surface area (Å²) in [5.74, 6) is 0.235. The predicted molar refractivity (Wildman–Crippen MR) is 58.3 cm³/mol. The SMILES string of the molecule is CC[C@H](C)c1cc(=O)n(C2CC2)c(=O)[nH]1. The van der Waals surface area contributed by atoms with Gasteiger partial charge in [0.1, 0.15) is 0 Å². The lowest BCUT2D eigenvalue weighted by Gasteiger charge is -2.09. The number of rotatable bonds is 3. The Kier molecular flexibility index (Phi) is 2.50. The second kappa shape index (κ2) is 3.68. The molecule has 1 aromatic heterocycles. The molecule has 1 heterocycles. The molecular weight excluding hydrogens is 192 g/mol. The Morgan fingerprint density at radius 3 is 2.67 bits per heavy atom. The Labute approximate surface area is 88.0 Å². The first-order valence-electron chi connectivity index (χ1n) is 5.49. The van der Waals surface area contributed by atoms with E-state index in [1.54, 1.807) is 6.07 Å². The summed E-state index contributed by atoms with van der Waals surface area (Å²) in [6.07, 6.45) is 2.82. The zero-order valence-corrected chi connectivity index (χ0v) is 9.12. The molecule has 15 heavy (non-hydrogen) atoms. The lowest BCUT2D eigenvalue weighted by molar-refractivity contribution is 0.622. The smallest absolute Gasteiger partial charge is 0.311 e. The normalized spacial score (nSPS) is 17.7. The first-order valence-corrected chi connectivity index (χ1v) is 5.49. The van der Waals surface area contributed by atoms with E-state index in [0.717, 1.165) is 25.0 Å². The maximum atomic E-state index is 11.7. The van der Waals surface area contributed by atoms with Crippen LogP contribution in [0.1, 0.15) is 50.8 Å². The maximum Gasteiger partial charge on any atom is 0.328 e. The van der Waals surface area contributed by atoms with E-state index >= 15 is 0 Å². The molecule has 2 rings (SSSR count). The van der Waals surface area contributed by atoms with Crippen LogP contribution >= 0.6 is 0 Å². The van der Waals surface area contributed by atoms with Gasteiger partial charge in [-0.2, -0.15) is 0 Å². The van der Waals surface area contributed by atoms with E-state index in [4.69, 9.17) is 0 Å². The summed E-state index contributed by atoms with van der Waals surface area (Å²) in [5, 5.41) is 0. The van der Waals surface area contributed by atoms with Gasteiger partial charge in [-0.05, 0) is 25.2 Å². The number of aromatic nitrogens is 2. The van der Waals surface area contributed by atoms with Crippen molar-refractivity contribution >= 4 is 0 Å². The van der Waals surface area contributed by atoms with Crippen molar-refractivity contribution < 1.29 is 0 Å². The summed E-state index contributed by atoms with van der Waals surface area (Å²) in [4.78, 5) is 26.2. The number of aromatic amines is 1. The van der Waals surface area contributed by atoms with E-state index in [0.29, 0.717) is 0 Å². The molecule has 82 valence electrons. The first-order chi connectivity index (χ1) is 7.13. The molecule has 1 atom stereocenters. The van der Waals surface area contributed by atoms with Crippen molar-refractivity contribution in [3.8, 4) is 0 Å². The number of hydrogen-bond donors (Lipinski definition) is 1. The molecule has 4 heteroatoms. The Bertz CT molecular complexity index is 437. The van der Waals surface area contributed by atoms with Crippen LogP contribution in [0.3, 0.4) is 0 Å². The van der Waals surface area contributed by atoms with Crippen LogP contribution in [0.2, 0.25) is 0 Å². The van der Waals surface area contributed by atoms with Crippen molar-refractivity contribution in [2.24, 2.45) is 0 Å². The second-order valence-corrected chi connectivity index (χ2v) is 4.28. The number of nitrogens with zero attached hydrogens (tertiary/aromatic N) is 1. The highest BCUT2D eigenvalue weighted by molar-refractivity contribution is 5.06. The monoisotopic (exact) mass is 208 g/mol. The second-order valence-electron chi connectivity index (χ2n) is 4.28. The van der Waals surface area contributed by atoms with Gasteiger partial charge >= 0.3 is 5.69 Å². The Morgan fingerprint density at radius 1 is 1.53 bits per heavy atom. The van der Waals surface area contributed by atoms with Gasteiger partial charge < -0.3 is 4.98 Å². The molecule has 1 aliphatic carbocycles. The fourth-order valence-corrected chi connectivity index (χ4v) is 1.69. The molecule has 1 fully saturated rings. The largest absolute Gasteiger partial charge is 0.328 e. The zero-order valence-electron chi connectivity index (χ0n) is 9.12. The fourth-order valence-electron chi connectivity index (χ4n) is 1.69. The number of hydrogen-bond acceptors (Lipinski definition) is 2. The molecule has 0 spiro atoms. The Morgan fingerprint density at radius 2 is 2.20 bits per heavy atom. The molecule has 0 radical (unpaired) electrons. The van der Waals surface area contributed by atoms with E-state index in [1.165, 1.54) is 4.57 Å². The van der Waals surface area contributed by atoms with Crippen LogP contribution in [0.4, 0.5) is 0 Å². The molecule has 4 nitrogen and oxygen atoms in total. The van der Waals surface area contributed by atoms with E-state index in [-0.39, 0.29) is 23.2 Å². The van der Waals surface area contributed by atoms with E-state index < -0.39 is 0 Å². The van der Waals surface area contributed by atoms with E-state index in [9.17, 15) is 9.59 Å². The summed E-state index contributed by atoms with van der Waals surface area (Å²) in [5.41, 5.74) is 0.348. The summed E-state index contributed by atoms with van der Waals surface area (Å²) in [7, 11) is 0. The minimum Gasteiger partial charge on any atom is -0.311 e. The van der Waals surface area contributed by atoms with Crippen molar-refractivity contribution in [1.82, 2.24) is 9.55 Å². The molecule has 0 bridgehead atoms. The number of H-pyrrole nitrogens is 1. The molecule has 1 N–H and O–H groups in total. The van der Waals surface area contributed by atoms with Crippen LogP contribution in [0.15, 0.2) is 15.7 Å². The van der Waals surface area contributed by atoms with Crippen molar-refractivity contribution in [2.45, 2.75) is 45.1 Å². The molecule has 0 aliphatic heterocycles. The third-order valence-electron chi connectivity index (χ3n) is 3.04. The van der Waals surface area contributed by atoms with Gasteiger partial charge in [0.2, 0.25) is 0 Å². The van der Waals surface area contributed by atoms with Crippen LogP contribution in [0.25, 0.3) is 0 Å². The zero-order chi connectivity index (χ0) is 11.0. The first kappa shape index (κ1) is 10.2. The van der Waals surface area contributed by atoms with Gasteiger partial charge in [-0.3, -0.25) is 9.36 Å². The van der Waals surface area contributed by atoms with Gasteiger partial charge in [-0.1, -0.05) is 13.8 Å². The Balaban J connectivity index is 2.47. The highest BCUT2D eigenvalue weighted by atomic mass is 16.2. The average Bonchev–Trinajstić information content (AvgIpc) is 2.99. The summed E-state index contributed by atoms with van der Waals surface area (Å²) >= 11 is 0. The molecule has 0 unspecified atom stereocenters. The quantitative estimate of drug-likeness (QED) is 0.816. The topological polar surface area (TPSA) is 54.9 Å². The lowest BCUT2D eigenvalue weighted by Crippen LogP contribution is -2.35. The standard InChI is InChI=1S/C11H16N2O2/c1-3-7(2)9-6-10(14)13(8-4-5-8)11(15)12-9/h6-8H,3-5H2,1-2H3,(H,12,15)/t7-/m0/s1. The third kappa shape index (κ3) is 1.89.